The molecule has 0 bridgehead atoms. The van der Waals surface area contributed by atoms with E-state index in [1.807, 2.05) is 55.5 Å². The summed E-state index contributed by atoms with van der Waals surface area (Å²) in [5, 5.41) is 0. The normalized spacial score (nSPS) is 14.0. The first-order valence-corrected chi connectivity index (χ1v) is 6.53. The van der Waals surface area contributed by atoms with E-state index in [2.05, 4.69) is 15.9 Å². The smallest absolute Gasteiger partial charge is 0.118 e. The molecule has 0 saturated carbocycles. The maximum Gasteiger partial charge on any atom is 0.118 e. The van der Waals surface area contributed by atoms with Crippen LogP contribution >= 0.6 is 15.9 Å². The van der Waals surface area contributed by atoms with Crippen LogP contribution in [0.15, 0.2) is 53.0 Å². The predicted molar refractivity (Wildman–Crippen MR) is 77.8 cm³/mol. The van der Waals surface area contributed by atoms with Crippen LogP contribution in [0.2, 0.25) is 0 Å². The van der Waals surface area contributed by atoms with Crippen molar-refractivity contribution < 1.29 is 4.74 Å². The number of ether oxygens (including phenoxy) is 1. The van der Waals surface area contributed by atoms with E-state index in [-0.39, 0.29) is 0 Å². The van der Waals surface area contributed by atoms with Gasteiger partial charge in [-0.1, -0.05) is 46.3 Å². The van der Waals surface area contributed by atoms with Crippen molar-refractivity contribution in [1.29, 1.82) is 0 Å². The van der Waals surface area contributed by atoms with Gasteiger partial charge in [0.2, 0.25) is 0 Å². The van der Waals surface area contributed by atoms with Gasteiger partial charge in [-0.3, -0.25) is 0 Å². The third-order valence-electron chi connectivity index (χ3n) is 3.12. The van der Waals surface area contributed by atoms with E-state index in [1.54, 1.807) is 7.11 Å². The van der Waals surface area contributed by atoms with Crippen LogP contribution in [0.4, 0.5) is 0 Å². The van der Waals surface area contributed by atoms with Gasteiger partial charge in [0.1, 0.15) is 5.75 Å². The van der Waals surface area contributed by atoms with E-state index < -0.39 is 5.54 Å². The fourth-order valence-electron chi connectivity index (χ4n) is 1.98. The van der Waals surface area contributed by atoms with Crippen molar-refractivity contribution in [2.75, 3.05) is 7.11 Å². The molecule has 0 aliphatic carbocycles. The highest BCUT2D eigenvalue weighted by Gasteiger charge is 2.25. The van der Waals surface area contributed by atoms with E-state index in [0.717, 1.165) is 21.3 Å². The Kier molecular flexibility index (Phi) is 3.73. The zero-order valence-electron chi connectivity index (χ0n) is 10.5. The summed E-state index contributed by atoms with van der Waals surface area (Å²) in [5.41, 5.74) is 8.06. The number of halogens is 1. The van der Waals surface area contributed by atoms with Gasteiger partial charge in [-0.05, 0) is 36.2 Å². The molecule has 0 heterocycles. The van der Waals surface area contributed by atoms with Crippen LogP contribution in [-0.4, -0.2) is 7.11 Å². The Hall–Kier alpha value is -1.32. The van der Waals surface area contributed by atoms with Crippen LogP contribution in [0.25, 0.3) is 0 Å². The van der Waals surface area contributed by atoms with Crippen LogP contribution in [0.1, 0.15) is 18.1 Å². The zero-order chi connectivity index (χ0) is 13.2. The first-order chi connectivity index (χ1) is 8.55. The maximum atomic E-state index is 6.48. The standard InChI is InChI=1S/C15H16BrNO/c1-15(17,13-5-3-4-6-14(13)16)11-7-9-12(18-2)10-8-11/h3-10H,17H2,1-2H3. The molecule has 0 aromatic heterocycles. The average molecular weight is 306 g/mol. The molecule has 2 N–H and O–H groups in total. The third kappa shape index (κ3) is 2.42. The second-order valence-corrected chi connectivity index (χ2v) is 5.27. The predicted octanol–water partition coefficient (Wildman–Crippen LogP) is 3.68. The lowest BCUT2D eigenvalue weighted by molar-refractivity contribution is 0.414. The van der Waals surface area contributed by atoms with Crippen molar-refractivity contribution in [3.05, 3.63) is 64.1 Å². The minimum Gasteiger partial charge on any atom is -0.497 e. The van der Waals surface area contributed by atoms with Gasteiger partial charge in [0.25, 0.3) is 0 Å². The molecule has 0 saturated heterocycles. The summed E-state index contributed by atoms with van der Waals surface area (Å²) >= 11 is 3.55. The van der Waals surface area contributed by atoms with Gasteiger partial charge in [-0.25, -0.2) is 0 Å². The molecule has 1 atom stereocenters. The number of methoxy groups -OCH3 is 1. The molecule has 2 aromatic carbocycles. The Labute approximate surface area is 116 Å². The van der Waals surface area contributed by atoms with Crippen molar-refractivity contribution in [2.45, 2.75) is 12.5 Å². The van der Waals surface area contributed by atoms with Crippen molar-refractivity contribution in [3.8, 4) is 5.75 Å². The minimum atomic E-state index is -0.535. The fourth-order valence-corrected chi connectivity index (χ4v) is 2.67. The molecule has 1 unspecified atom stereocenters. The molecule has 0 amide bonds. The number of benzene rings is 2. The summed E-state index contributed by atoms with van der Waals surface area (Å²) in [4.78, 5) is 0. The average Bonchev–Trinajstić information content (AvgIpc) is 2.39. The number of nitrogens with two attached hydrogens (primary N) is 1. The lowest BCUT2D eigenvalue weighted by Gasteiger charge is -2.27. The summed E-state index contributed by atoms with van der Waals surface area (Å²) in [6.45, 7) is 2.01. The molecule has 2 aromatic rings. The summed E-state index contributed by atoms with van der Waals surface area (Å²) in [6.07, 6.45) is 0. The van der Waals surface area contributed by atoms with E-state index in [4.69, 9.17) is 10.5 Å². The monoisotopic (exact) mass is 305 g/mol. The topological polar surface area (TPSA) is 35.2 Å². The van der Waals surface area contributed by atoms with Crippen molar-refractivity contribution in [1.82, 2.24) is 0 Å². The summed E-state index contributed by atoms with van der Waals surface area (Å²) in [6, 6.07) is 15.9. The van der Waals surface area contributed by atoms with Crippen LogP contribution in [0.5, 0.6) is 5.75 Å². The Bertz CT molecular complexity index is 534. The first-order valence-electron chi connectivity index (χ1n) is 5.74. The Morgan fingerprint density at radius 3 is 2.22 bits per heavy atom. The Morgan fingerprint density at radius 1 is 1.06 bits per heavy atom. The summed E-state index contributed by atoms with van der Waals surface area (Å²) < 4.78 is 6.18. The number of hydrogen-bond acceptors (Lipinski definition) is 2. The number of hydrogen-bond donors (Lipinski definition) is 1. The van der Waals surface area contributed by atoms with Gasteiger partial charge < -0.3 is 10.5 Å². The maximum absolute atomic E-state index is 6.48. The largest absolute Gasteiger partial charge is 0.497 e. The fraction of sp³-hybridized carbons (Fsp3) is 0.200. The molecule has 94 valence electrons. The Balaban J connectivity index is 2.44. The van der Waals surface area contributed by atoms with Crippen LogP contribution < -0.4 is 10.5 Å². The van der Waals surface area contributed by atoms with Gasteiger partial charge in [0.15, 0.2) is 0 Å². The van der Waals surface area contributed by atoms with Crippen LogP contribution in [0.3, 0.4) is 0 Å². The molecule has 0 fully saturated rings. The lowest BCUT2D eigenvalue weighted by atomic mass is 9.86. The highest BCUT2D eigenvalue weighted by molar-refractivity contribution is 9.10. The second kappa shape index (κ2) is 5.12. The lowest BCUT2D eigenvalue weighted by Crippen LogP contribution is -2.34. The molecule has 3 heteroatoms. The molecular formula is C15H16BrNO. The van der Waals surface area contributed by atoms with E-state index >= 15 is 0 Å². The van der Waals surface area contributed by atoms with Gasteiger partial charge in [0.05, 0.1) is 12.6 Å². The van der Waals surface area contributed by atoms with Gasteiger partial charge in [0, 0.05) is 4.47 Å². The van der Waals surface area contributed by atoms with Gasteiger partial charge in [-0.15, -0.1) is 0 Å². The van der Waals surface area contributed by atoms with Gasteiger partial charge in [-0.2, -0.15) is 0 Å². The highest BCUT2D eigenvalue weighted by atomic mass is 79.9. The third-order valence-corrected chi connectivity index (χ3v) is 3.81. The molecule has 0 aliphatic rings. The van der Waals surface area contributed by atoms with E-state index in [9.17, 15) is 0 Å². The molecular weight excluding hydrogens is 290 g/mol. The highest BCUT2D eigenvalue weighted by Crippen LogP contribution is 2.32. The zero-order valence-corrected chi connectivity index (χ0v) is 12.1. The summed E-state index contributed by atoms with van der Waals surface area (Å²) in [5.74, 6) is 0.835. The molecule has 2 rings (SSSR count). The number of rotatable bonds is 3. The molecule has 18 heavy (non-hydrogen) atoms. The van der Waals surface area contributed by atoms with Crippen LogP contribution in [-0.2, 0) is 5.54 Å². The van der Waals surface area contributed by atoms with Crippen LogP contribution in [0, 0.1) is 0 Å². The molecule has 0 spiro atoms. The van der Waals surface area contributed by atoms with Gasteiger partial charge >= 0.3 is 0 Å². The molecule has 0 radical (unpaired) electrons. The first kappa shape index (κ1) is 13.1. The molecule has 2 nitrogen and oxygen atoms in total. The quantitative estimate of drug-likeness (QED) is 0.939. The Morgan fingerprint density at radius 2 is 1.67 bits per heavy atom. The van der Waals surface area contributed by atoms with E-state index in [1.165, 1.54) is 0 Å². The van der Waals surface area contributed by atoms with Crippen molar-refractivity contribution in [2.24, 2.45) is 5.73 Å². The van der Waals surface area contributed by atoms with E-state index in [0.29, 0.717) is 0 Å². The second-order valence-electron chi connectivity index (χ2n) is 4.41. The van der Waals surface area contributed by atoms with Crippen molar-refractivity contribution in [3.63, 3.8) is 0 Å². The minimum absolute atomic E-state index is 0.535. The van der Waals surface area contributed by atoms with Crippen molar-refractivity contribution >= 4 is 15.9 Å². The summed E-state index contributed by atoms with van der Waals surface area (Å²) in [7, 11) is 1.66. The SMILES string of the molecule is COc1ccc(C(C)(N)c2ccccc2Br)cc1. The molecule has 0 aliphatic heterocycles.